The molecule has 65 heavy (non-hydrogen) atoms. The van der Waals surface area contributed by atoms with Crippen molar-refractivity contribution in [3.05, 3.63) is 178 Å². The van der Waals surface area contributed by atoms with Gasteiger partial charge in [0.1, 0.15) is 0 Å². The van der Waals surface area contributed by atoms with Gasteiger partial charge in [-0.2, -0.15) is 0 Å². The molecule has 0 spiro atoms. The van der Waals surface area contributed by atoms with Gasteiger partial charge < -0.3 is 14.7 Å². The molecule has 3 nitrogen and oxygen atoms in total. The van der Waals surface area contributed by atoms with Crippen molar-refractivity contribution in [2.45, 2.75) is 125 Å². The third-order valence-corrected chi connectivity index (χ3v) is 15.1. The Balaban J connectivity index is 1.31. The van der Waals surface area contributed by atoms with Crippen LogP contribution in [0.15, 0.2) is 140 Å². The van der Waals surface area contributed by atoms with Gasteiger partial charge in [0.05, 0.1) is 0 Å². The molecular weight excluding hydrogens is 786 g/mol. The van der Waals surface area contributed by atoms with Crippen LogP contribution >= 0.6 is 0 Å². The molecule has 0 amide bonds. The van der Waals surface area contributed by atoms with Crippen molar-refractivity contribution in [1.82, 2.24) is 0 Å². The molecule has 0 saturated carbocycles. The molecule has 0 aromatic heterocycles. The molecule has 0 bridgehead atoms. The van der Waals surface area contributed by atoms with E-state index in [0.717, 1.165) is 23.5 Å². The van der Waals surface area contributed by atoms with E-state index in [1.165, 1.54) is 95.9 Å². The summed E-state index contributed by atoms with van der Waals surface area (Å²) in [5, 5.41) is 0. The molecule has 10 rings (SSSR count). The van der Waals surface area contributed by atoms with Crippen molar-refractivity contribution < 1.29 is 0 Å². The van der Waals surface area contributed by atoms with Crippen LogP contribution in [0.1, 0.15) is 121 Å². The van der Waals surface area contributed by atoms with E-state index in [1.54, 1.807) is 0 Å². The lowest BCUT2D eigenvalue weighted by molar-refractivity contribution is 0.332. The van der Waals surface area contributed by atoms with Gasteiger partial charge in [0.2, 0.25) is 0 Å². The number of nitrogens with zero attached hydrogens (tertiary/aromatic N) is 3. The Morgan fingerprint density at radius 2 is 0.954 bits per heavy atom. The van der Waals surface area contributed by atoms with Crippen LogP contribution in [-0.4, -0.2) is 6.71 Å². The molecule has 4 heteroatoms. The molecule has 0 saturated heterocycles. The zero-order valence-electron chi connectivity index (χ0n) is 41.1. The molecule has 328 valence electrons. The SMILES string of the molecule is Cc1cc2c3c(c1)N(c1cc4c(cc1C)C(C)(C)CCC4(C)C)c1cc(N(c4ccccc4)c4ccccc4)ccc1B3c1cc(C(C)(C)C)ccc1N2c1ccc(C(C)(C)C)cc1C. The quantitative estimate of drug-likeness (QED) is 0.160. The second-order valence-electron chi connectivity index (χ2n) is 22.8. The summed E-state index contributed by atoms with van der Waals surface area (Å²) in [7, 11) is 0. The number of rotatable bonds is 5. The van der Waals surface area contributed by atoms with Gasteiger partial charge in [0.25, 0.3) is 6.71 Å². The van der Waals surface area contributed by atoms with E-state index in [-0.39, 0.29) is 28.4 Å². The fraction of sp³-hybridized carbons (Fsp3) is 0.311. The summed E-state index contributed by atoms with van der Waals surface area (Å²) in [6.07, 6.45) is 2.35. The maximum absolute atomic E-state index is 2.66. The van der Waals surface area contributed by atoms with Gasteiger partial charge in [-0.15, -0.1) is 0 Å². The van der Waals surface area contributed by atoms with Gasteiger partial charge in [-0.1, -0.05) is 142 Å². The molecule has 1 aliphatic carbocycles. The zero-order chi connectivity index (χ0) is 46.0. The molecular formula is C61H66BN3. The first-order valence-electron chi connectivity index (χ1n) is 23.9. The second-order valence-corrected chi connectivity index (χ2v) is 22.8. The summed E-state index contributed by atoms with van der Waals surface area (Å²) < 4.78 is 0. The summed E-state index contributed by atoms with van der Waals surface area (Å²) in [5.74, 6) is 0. The highest BCUT2D eigenvalue weighted by molar-refractivity contribution is 7.00. The lowest BCUT2D eigenvalue weighted by Crippen LogP contribution is -2.61. The highest BCUT2D eigenvalue weighted by Gasteiger charge is 2.46. The van der Waals surface area contributed by atoms with Gasteiger partial charge in [-0.05, 0) is 177 Å². The summed E-state index contributed by atoms with van der Waals surface area (Å²) in [6, 6.07) is 53.6. The number of benzene rings is 7. The predicted molar refractivity (Wildman–Crippen MR) is 282 cm³/mol. The van der Waals surface area contributed by atoms with Crippen LogP contribution in [-0.2, 0) is 21.7 Å². The Morgan fingerprint density at radius 3 is 1.51 bits per heavy atom. The number of aryl methyl sites for hydroxylation is 3. The van der Waals surface area contributed by atoms with E-state index in [2.05, 4.69) is 244 Å². The summed E-state index contributed by atoms with van der Waals surface area (Å²) in [6.45, 7) is 30.7. The molecule has 0 atom stereocenters. The van der Waals surface area contributed by atoms with Crippen LogP contribution in [0.25, 0.3) is 0 Å². The molecule has 0 N–H and O–H groups in total. The van der Waals surface area contributed by atoms with Crippen molar-refractivity contribution in [1.29, 1.82) is 0 Å². The van der Waals surface area contributed by atoms with Crippen LogP contribution in [0.4, 0.5) is 51.2 Å². The molecule has 2 aliphatic heterocycles. The Kier molecular flexibility index (Phi) is 9.92. The first-order valence-corrected chi connectivity index (χ1v) is 23.9. The van der Waals surface area contributed by atoms with Gasteiger partial charge in [-0.25, -0.2) is 0 Å². The van der Waals surface area contributed by atoms with Gasteiger partial charge in [0, 0.05) is 51.2 Å². The van der Waals surface area contributed by atoms with Crippen LogP contribution in [0.3, 0.4) is 0 Å². The molecule has 0 radical (unpaired) electrons. The van der Waals surface area contributed by atoms with E-state index in [0.29, 0.717) is 0 Å². The van der Waals surface area contributed by atoms with Gasteiger partial charge in [0.15, 0.2) is 0 Å². The fourth-order valence-electron chi connectivity index (χ4n) is 11.2. The third kappa shape index (κ3) is 7.11. The minimum Gasteiger partial charge on any atom is -0.311 e. The normalized spacial score (nSPS) is 15.8. The number of fused-ring (bicyclic) bond motifs is 5. The Labute approximate surface area is 390 Å². The molecule has 0 unspecified atom stereocenters. The van der Waals surface area contributed by atoms with Crippen LogP contribution < -0.4 is 31.1 Å². The fourth-order valence-corrected chi connectivity index (χ4v) is 11.2. The number of para-hydroxylation sites is 2. The third-order valence-electron chi connectivity index (χ3n) is 15.1. The first kappa shape index (κ1) is 42.9. The van der Waals surface area contributed by atoms with E-state index in [4.69, 9.17) is 0 Å². The maximum atomic E-state index is 2.66. The first-order chi connectivity index (χ1) is 30.7. The molecule has 2 heterocycles. The predicted octanol–water partition coefficient (Wildman–Crippen LogP) is 15.1. The lowest BCUT2D eigenvalue weighted by Gasteiger charge is -2.46. The molecule has 0 fully saturated rings. The van der Waals surface area contributed by atoms with Gasteiger partial charge >= 0.3 is 0 Å². The number of hydrogen-bond donors (Lipinski definition) is 0. The summed E-state index contributed by atoms with van der Waals surface area (Å²) in [5.41, 5.74) is 24.7. The Hall–Kier alpha value is -6.00. The largest absolute Gasteiger partial charge is 0.311 e. The summed E-state index contributed by atoms with van der Waals surface area (Å²) >= 11 is 0. The monoisotopic (exact) mass is 852 g/mol. The lowest BCUT2D eigenvalue weighted by atomic mass is 9.33. The molecule has 3 aliphatic rings. The van der Waals surface area contributed by atoms with E-state index >= 15 is 0 Å². The summed E-state index contributed by atoms with van der Waals surface area (Å²) in [4.78, 5) is 7.68. The average molecular weight is 852 g/mol. The molecule has 7 aromatic rings. The van der Waals surface area contributed by atoms with Crippen molar-refractivity contribution >= 4 is 74.3 Å². The number of hydrogen-bond acceptors (Lipinski definition) is 3. The topological polar surface area (TPSA) is 9.72 Å². The van der Waals surface area contributed by atoms with Crippen molar-refractivity contribution in [3.8, 4) is 0 Å². The Morgan fingerprint density at radius 1 is 0.446 bits per heavy atom. The van der Waals surface area contributed by atoms with Crippen LogP contribution in [0, 0.1) is 20.8 Å². The highest BCUT2D eigenvalue weighted by Crippen LogP contribution is 2.52. The van der Waals surface area contributed by atoms with Gasteiger partial charge in [-0.3, -0.25) is 0 Å². The number of anilines is 9. The van der Waals surface area contributed by atoms with E-state index < -0.39 is 0 Å². The second kappa shape index (κ2) is 15.0. The minimum atomic E-state index is -0.0272. The zero-order valence-corrected chi connectivity index (χ0v) is 41.1. The highest BCUT2D eigenvalue weighted by atomic mass is 15.2. The van der Waals surface area contributed by atoms with Crippen molar-refractivity contribution in [2.24, 2.45) is 0 Å². The van der Waals surface area contributed by atoms with Crippen molar-refractivity contribution in [3.63, 3.8) is 0 Å². The van der Waals surface area contributed by atoms with Crippen molar-refractivity contribution in [2.75, 3.05) is 14.7 Å². The smallest absolute Gasteiger partial charge is 0.252 e. The Bertz CT molecular complexity index is 2960. The van der Waals surface area contributed by atoms with E-state index in [1.807, 2.05) is 0 Å². The average Bonchev–Trinajstić information content (AvgIpc) is 3.25. The maximum Gasteiger partial charge on any atom is 0.252 e. The van der Waals surface area contributed by atoms with E-state index in [9.17, 15) is 0 Å². The van der Waals surface area contributed by atoms with Crippen LogP contribution in [0.5, 0.6) is 0 Å². The molecule has 7 aromatic carbocycles. The standard InChI is InChI=1S/C61H66BN3/c1-39-32-55-57-56(33-39)65(53-38-48-47(35-41(53)3)60(10,11)30-31-61(48,12)13)54-37-46(63(44-20-16-14-17-21-44)45-22-18-15-19-23-45)26-27-49(54)62(57)50-36-43(59(7,8)9)25-29-52(50)64(55)51-28-24-42(34-40(51)2)58(4,5)6/h14-29,32-38H,30-31H2,1-13H3. The van der Waals surface area contributed by atoms with Crippen LogP contribution in [0.2, 0.25) is 0 Å². The minimum absolute atomic E-state index is 0.0128.